The first-order chi connectivity index (χ1) is 9.97. The van der Waals surface area contributed by atoms with Crippen LogP contribution < -0.4 is 11.1 Å². The van der Waals surface area contributed by atoms with Crippen LogP contribution in [0.3, 0.4) is 0 Å². The molecule has 1 heterocycles. The summed E-state index contributed by atoms with van der Waals surface area (Å²) in [5.41, 5.74) is 6.58. The fourth-order valence-corrected chi connectivity index (χ4v) is 2.71. The number of amides is 1. The molecular formula is C15H18N2O3S. The molecule has 0 spiro atoms. The van der Waals surface area contributed by atoms with E-state index in [2.05, 4.69) is 5.32 Å². The number of carbonyl (C=O) groups excluding carboxylic acids is 1. The van der Waals surface area contributed by atoms with Crippen LogP contribution in [0.5, 0.6) is 11.5 Å². The average Bonchev–Trinajstić information content (AvgIpc) is 2.97. The zero-order chi connectivity index (χ0) is 15.4. The highest BCUT2D eigenvalue weighted by atomic mass is 32.1. The summed E-state index contributed by atoms with van der Waals surface area (Å²) in [5, 5.41) is 23.5. The van der Waals surface area contributed by atoms with Crippen LogP contribution in [0, 0.1) is 0 Å². The lowest BCUT2D eigenvalue weighted by molar-refractivity contribution is -0.122. The molecule has 0 aliphatic rings. The van der Waals surface area contributed by atoms with Crippen molar-refractivity contribution in [3.05, 3.63) is 46.2 Å². The van der Waals surface area contributed by atoms with Crippen LogP contribution in [-0.4, -0.2) is 22.2 Å². The smallest absolute Gasteiger partial charge is 0.237 e. The fraction of sp³-hybridized carbons (Fsp3) is 0.267. The van der Waals surface area contributed by atoms with Gasteiger partial charge in [0.2, 0.25) is 5.91 Å². The van der Waals surface area contributed by atoms with Crippen molar-refractivity contribution in [3.8, 4) is 11.5 Å². The van der Waals surface area contributed by atoms with Gasteiger partial charge in [-0.05, 0) is 42.5 Å². The third-order valence-electron chi connectivity index (χ3n) is 3.16. The standard InChI is InChI=1S/C15H18N2O3S/c1-9(14-3-2-6-21-14)17-15(20)11(16)7-10-4-5-12(18)13(19)8-10/h2-6,8-9,11,18-19H,7,16H2,1H3,(H,17,20)/t9?,11-/m0/s1. The number of thiophene rings is 1. The molecule has 21 heavy (non-hydrogen) atoms. The number of phenolic OH excluding ortho intramolecular Hbond substituents is 2. The monoisotopic (exact) mass is 306 g/mol. The Morgan fingerprint density at radius 3 is 2.71 bits per heavy atom. The molecule has 0 saturated carbocycles. The average molecular weight is 306 g/mol. The SMILES string of the molecule is CC(NC(=O)[C@@H](N)Cc1ccc(O)c(O)c1)c1cccs1. The van der Waals surface area contributed by atoms with E-state index in [0.29, 0.717) is 5.56 Å². The maximum absolute atomic E-state index is 12.1. The molecular weight excluding hydrogens is 288 g/mol. The van der Waals surface area contributed by atoms with E-state index in [9.17, 15) is 15.0 Å². The molecule has 1 unspecified atom stereocenters. The van der Waals surface area contributed by atoms with Gasteiger partial charge < -0.3 is 21.3 Å². The lowest BCUT2D eigenvalue weighted by atomic mass is 10.0. The van der Waals surface area contributed by atoms with Crippen LogP contribution in [0.1, 0.15) is 23.4 Å². The first kappa shape index (κ1) is 15.3. The Hall–Kier alpha value is -2.05. The number of carbonyl (C=O) groups is 1. The van der Waals surface area contributed by atoms with Gasteiger partial charge in [-0.1, -0.05) is 12.1 Å². The zero-order valence-corrected chi connectivity index (χ0v) is 12.4. The van der Waals surface area contributed by atoms with Crippen molar-refractivity contribution in [1.82, 2.24) is 5.32 Å². The summed E-state index contributed by atoms with van der Waals surface area (Å²) < 4.78 is 0. The van der Waals surface area contributed by atoms with Gasteiger partial charge in [0.05, 0.1) is 12.1 Å². The van der Waals surface area contributed by atoms with Crippen molar-refractivity contribution in [2.75, 3.05) is 0 Å². The van der Waals surface area contributed by atoms with Gasteiger partial charge in [0.15, 0.2) is 11.5 Å². The van der Waals surface area contributed by atoms with E-state index in [-0.39, 0.29) is 29.9 Å². The Morgan fingerprint density at radius 2 is 2.10 bits per heavy atom. The van der Waals surface area contributed by atoms with Gasteiger partial charge in [0.25, 0.3) is 0 Å². The maximum Gasteiger partial charge on any atom is 0.237 e. The molecule has 2 rings (SSSR count). The number of hydrogen-bond donors (Lipinski definition) is 4. The van der Waals surface area contributed by atoms with Crippen LogP contribution in [0.15, 0.2) is 35.7 Å². The van der Waals surface area contributed by atoms with Gasteiger partial charge in [-0.25, -0.2) is 0 Å². The summed E-state index contributed by atoms with van der Waals surface area (Å²) in [4.78, 5) is 13.1. The Labute approximate surface area is 127 Å². The van der Waals surface area contributed by atoms with Gasteiger partial charge in [-0.3, -0.25) is 4.79 Å². The molecule has 5 nitrogen and oxygen atoms in total. The molecule has 0 saturated heterocycles. The molecule has 0 bridgehead atoms. The number of benzene rings is 1. The highest BCUT2D eigenvalue weighted by Crippen LogP contribution is 2.25. The highest BCUT2D eigenvalue weighted by Gasteiger charge is 2.18. The molecule has 0 aliphatic carbocycles. The summed E-state index contributed by atoms with van der Waals surface area (Å²) in [6, 6.07) is 7.51. The van der Waals surface area contributed by atoms with Gasteiger partial charge in [0, 0.05) is 4.88 Å². The van der Waals surface area contributed by atoms with Crippen molar-refractivity contribution in [1.29, 1.82) is 0 Å². The molecule has 0 fully saturated rings. The Morgan fingerprint density at radius 1 is 1.33 bits per heavy atom. The minimum Gasteiger partial charge on any atom is -0.504 e. The van der Waals surface area contributed by atoms with Crippen LogP contribution in [-0.2, 0) is 11.2 Å². The summed E-state index contributed by atoms with van der Waals surface area (Å²) >= 11 is 1.58. The minimum absolute atomic E-state index is 0.0863. The van der Waals surface area contributed by atoms with E-state index in [1.807, 2.05) is 24.4 Å². The van der Waals surface area contributed by atoms with Gasteiger partial charge in [-0.15, -0.1) is 11.3 Å². The van der Waals surface area contributed by atoms with Crippen LogP contribution in [0.4, 0.5) is 0 Å². The van der Waals surface area contributed by atoms with Gasteiger partial charge >= 0.3 is 0 Å². The molecule has 0 radical (unpaired) electrons. The molecule has 6 heteroatoms. The summed E-state index contributed by atoms with van der Waals surface area (Å²) in [7, 11) is 0. The third-order valence-corrected chi connectivity index (χ3v) is 4.22. The van der Waals surface area contributed by atoms with Crippen molar-refractivity contribution in [2.24, 2.45) is 5.73 Å². The van der Waals surface area contributed by atoms with E-state index in [1.54, 1.807) is 17.4 Å². The normalized spacial score (nSPS) is 13.6. The Balaban J connectivity index is 1.94. The van der Waals surface area contributed by atoms with E-state index >= 15 is 0 Å². The van der Waals surface area contributed by atoms with Crippen LogP contribution in [0.25, 0.3) is 0 Å². The Kier molecular flexibility index (Phi) is 4.82. The lowest BCUT2D eigenvalue weighted by Gasteiger charge is -2.17. The number of nitrogens with two attached hydrogens (primary N) is 1. The predicted molar refractivity (Wildman–Crippen MR) is 82.3 cm³/mol. The lowest BCUT2D eigenvalue weighted by Crippen LogP contribution is -2.42. The second-order valence-corrected chi connectivity index (χ2v) is 5.86. The summed E-state index contributed by atoms with van der Waals surface area (Å²) in [5.74, 6) is -0.654. The molecule has 112 valence electrons. The van der Waals surface area contributed by atoms with Crippen molar-refractivity contribution >= 4 is 17.2 Å². The van der Waals surface area contributed by atoms with E-state index in [0.717, 1.165) is 4.88 Å². The molecule has 2 atom stereocenters. The largest absolute Gasteiger partial charge is 0.504 e. The summed E-state index contributed by atoms with van der Waals surface area (Å²) in [6.07, 6.45) is 0.289. The molecule has 1 aromatic heterocycles. The van der Waals surface area contributed by atoms with Gasteiger partial charge in [-0.2, -0.15) is 0 Å². The van der Waals surface area contributed by atoms with Crippen molar-refractivity contribution < 1.29 is 15.0 Å². The van der Waals surface area contributed by atoms with Crippen LogP contribution in [0.2, 0.25) is 0 Å². The molecule has 0 aliphatic heterocycles. The van der Waals surface area contributed by atoms with Crippen molar-refractivity contribution in [2.45, 2.75) is 25.4 Å². The number of aromatic hydroxyl groups is 2. The minimum atomic E-state index is -0.712. The Bertz CT molecular complexity index is 613. The van der Waals surface area contributed by atoms with E-state index in [4.69, 9.17) is 5.73 Å². The predicted octanol–water partition coefficient (Wildman–Crippen LogP) is 1.91. The number of nitrogens with one attached hydrogen (secondary N) is 1. The third kappa shape index (κ3) is 3.96. The quantitative estimate of drug-likeness (QED) is 0.635. The number of hydrogen-bond acceptors (Lipinski definition) is 5. The van der Waals surface area contributed by atoms with E-state index in [1.165, 1.54) is 12.1 Å². The first-order valence-electron chi connectivity index (χ1n) is 6.57. The second-order valence-electron chi connectivity index (χ2n) is 4.88. The maximum atomic E-state index is 12.1. The molecule has 1 aromatic carbocycles. The molecule has 5 N–H and O–H groups in total. The molecule has 2 aromatic rings. The van der Waals surface area contributed by atoms with E-state index < -0.39 is 6.04 Å². The number of rotatable bonds is 5. The summed E-state index contributed by atoms with van der Waals surface area (Å²) in [6.45, 7) is 1.91. The van der Waals surface area contributed by atoms with Crippen LogP contribution >= 0.6 is 11.3 Å². The number of phenols is 2. The second kappa shape index (κ2) is 6.60. The van der Waals surface area contributed by atoms with Crippen molar-refractivity contribution in [3.63, 3.8) is 0 Å². The fourth-order valence-electron chi connectivity index (χ4n) is 1.97. The van der Waals surface area contributed by atoms with Gasteiger partial charge in [0.1, 0.15) is 0 Å². The first-order valence-corrected chi connectivity index (χ1v) is 7.45. The highest BCUT2D eigenvalue weighted by molar-refractivity contribution is 7.10. The zero-order valence-electron chi connectivity index (χ0n) is 11.6. The topological polar surface area (TPSA) is 95.6 Å². The molecule has 1 amide bonds.